The predicted molar refractivity (Wildman–Crippen MR) is 77.5 cm³/mol. The molecule has 0 aliphatic carbocycles. The second kappa shape index (κ2) is 6.39. The van der Waals surface area contributed by atoms with E-state index in [-0.39, 0.29) is 0 Å². The number of hydrogen-bond acceptors (Lipinski definition) is 2. The molecule has 1 unspecified atom stereocenters. The molecule has 100 valence electrons. The van der Waals surface area contributed by atoms with Crippen molar-refractivity contribution in [1.82, 2.24) is 0 Å². The first-order chi connectivity index (χ1) is 9.20. The number of ether oxygens (including phenoxy) is 1. The molecule has 0 heterocycles. The molecule has 0 fully saturated rings. The number of rotatable bonds is 5. The molecule has 2 aromatic carbocycles. The topological polar surface area (TPSA) is 29.5 Å². The van der Waals surface area contributed by atoms with Crippen LogP contribution in [0.5, 0.6) is 5.75 Å². The zero-order valence-electron chi connectivity index (χ0n) is 11.5. The Morgan fingerprint density at radius 3 is 2.00 bits per heavy atom. The Hall–Kier alpha value is -1.80. The van der Waals surface area contributed by atoms with Crippen LogP contribution in [0.2, 0.25) is 0 Å². The van der Waals surface area contributed by atoms with Crippen molar-refractivity contribution >= 4 is 0 Å². The largest absolute Gasteiger partial charge is 0.494 e. The molecule has 2 nitrogen and oxygen atoms in total. The van der Waals surface area contributed by atoms with Crippen LogP contribution in [-0.2, 0) is 0 Å². The fourth-order valence-corrected chi connectivity index (χ4v) is 1.91. The van der Waals surface area contributed by atoms with Gasteiger partial charge in [-0.1, -0.05) is 48.9 Å². The summed E-state index contributed by atoms with van der Waals surface area (Å²) in [4.78, 5) is 0. The van der Waals surface area contributed by atoms with Crippen molar-refractivity contribution in [2.24, 2.45) is 0 Å². The van der Waals surface area contributed by atoms with Gasteiger partial charge in [0.15, 0.2) is 0 Å². The fraction of sp³-hybridized carbons (Fsp3) is 0.294. The van der Waals surface area contributed by atoms with Crippen LogP contribution in [0, 0.1) is 6.92 Å². The van der Waals surface area contributed by atoms with Crippen LogP contribution >= 0.6 is 0 Å². The van der Waals surface area contributed by atoms with E-state index in [0.29, 0.717) is 0 Å². The molecular formula is C17H20O2. The highest BCUT2D eigenvalue weighted by molar-refractivity contribution is 5.34. The lowest BCUT2D eigenvalue weighted by Crippen LogP contribution is -2.00. The first kappa shape index (κ1) is 13.6. The lowest BCUT2D eigenvalue weighted by atomic mass is 10.0. The van der Waals surface area contributed by atoms with Gasteiger partial charge in [-0.3, -0.25) is 0 Å². The molecule has 1 atom stereocenters. The molecule has 0 radical (unpaired) electrons. The van der Waals surface area contributed by atoms with E-state index in [2.05, 4.69) is 6.92 Å². The van der Waals surface area contributed by atoms with Crippen LogP contribution in [0.3, 0.4) is 0 Å². The van der Waals surface area contributed by atoms with Crippen molar-refractivity contribution in [1.29, 1.82) is 0 Å². The Bertz CT molecular complexity index is 500. The summed E-state index contributed by atoms with van der Waals surface area (Å²) in [7, 11) is 0. The van der Waals surface area contributed by atoms with Crippen molar-refractivity contribution < 1.29 is 9.84 Å². The SMILES string of the molecule is CCCOc1ccc(C(O)c2ccc(C)cc2)cc1. The highest BCUT2D eigenvalue weighted by Crippen LogP contribution is 2.24. The second-order valence-corrected chi connectivity index (χ2v) is 4.73. The molecule has 0 amide bonds. The van der Waals surface area contributed by atoms with Gasteiger partial charge >= 0.3 is 0 Å². The van der Waals surface area contributed by atoms with Crippen LogP contribution in [0.15, 0.2) is 48.5 Å². The van der Waals surface area contributed by atoms with Gasteiger partial charge in [-0.15, -0.1) is 0 Å². The molecule has 0 aliphatic rings. The van der Waals surface area contributed by atoms with Crippen LogP contribution in [0.4, 0.5) is 0 Å². The van der Waals surface area contributed by atoms with E-state index < -0.39 is 6.10 Å². The maximum absolute atomic E-state index is 10.3. The first-order valence-electron chi connectivity index (χ1n) is 6.68. The van der Waals surface area contributed by atoms with E-state index in [1.807, 2.05) is 55.5 Å². The summed E-state index contributed by atoms with van der Waals surface area (Å²) < 4.78 is 5.53. The van der Waals surface area contributed by atoms with Crippen molar-refractivity contribution in [3.05, 3.63) is 65.2 Å². The van der Waals surface area contributed by atoms with Crippen molar-refractivity contribution in [2.45, 2.75) is 26.4 Å². The molecule has 0 aromatic heterocycles. The van der Waals surface area contributed by atoms with E-state index in [9.17, 15) is 5.11 Å². The third kappa shape index (κ3) is 3.58. The van der Waals surface area contributed by atoms with Gasteiger partial charge in [0.05, 0.1) is 6.61 Å². The number of hydrogen-bond donors (Lipinski definition) is 1. The molecule has 1 N–H and O–H groups in total. The second-order valence-electron chi connectivity index (χ2n) is 4.73. The fourth-order valence-electron chi connectivity index (χ4n) is 1.91. The highest BCUT2D eigenvalue weighted by atomic mass is 16.5. The van der Waals surface area contributed by atoms with Gasteiger partial charge in [-0.2, -0.15) is 0 Å². The first-order valence-corrected chi connectivity index (χ1v) is 6.68. The molecule has 0 bridgehead atoms. The van der Waals surface area contributed by atoms with Gasteiger partial charge in [0, 0.05) is 0 Å². The Labute approximate surface area is 114 Å². The number of aliphatic hydroxyl groups excluding tert-OH is 1. The predicted octanol–water partition coefficient (Wildman–Crippen LogP) is 3.87. The minimum absolute atomic E-state index is 0.583. The van der Waals surface area contributed by atoms with E-state index in [1.54, 1.807) is 0 Å². The van der Waals surface area contributed by atoms with Crippen molar-refractivity contribution in [3.63, 3.8) is 0 Å². The summed E-state index contributed by atoms with van der Waals surface area (Å²) in [6, 6.07) is 15.6. The standard InChI is InChI=1S/C17H20O2/c1-3-12-19-16-10-8-15(9-11-16)17(18)14-6-4-13(2)5-7-14/h4-11,17-18H,3,12H2,1-2H3. The summed E-state index contributed by atoms with van der Waals surface area (Å²) >= 11 is 0. The summed E-state index contributed by atoms with van der Waals surface area (Å²) in [5.74, 6) is 0.849. The molecule has 2 aromatic rings. The molecule has 2 heteroatoms. The van der Waals surface area contributed by atoms with Crippen LogP contribution < -0.4 is 4.74 Å². The molecule has 0 saturated carbocycles. The maximum atomic E-state index is 10.3. The van der Waals surface area contributed by atoms with Gasteiger partial charge < -0.3 is 9.84 Å². The molecule has 0 aliphatic heterocycles. The Morgan fingerprint density at radius 2 is 1.47 bits per heavy atom. The van der Waals surface area contributed by atoms with Crippen molar-refractivity contribution in [2.75, 3.05) is 6.61 Å². The average molecular weight is 256 g/mol. The molecule has 0 saturated heterocycles. The van der Waals surface area contributed by atoms with E-state index in [0.717, 1.165) is 29.9 Å². The summed E-state index contributed by atoms with van der Waals surface area (Å²) in [5.41, 5.74) is 2.99. The number of aryl methyl sites for hydroxylation is 1. The van der Waals surface area contributed by atoms with E-state index in [4.69, 9.17) is 4.74 Å². The lowest BCUT2D eigenvalue weighted by molar-refractivity contribution is 0.220. The Balaban J connectivity index is 2.10. The third-order valence-electron chi connectivity index (χ3n) is 3.06. The highest BCUT2D eigenvalue weighted by Gasteiger charge is 2.09. The minimum Gasteiger partial charge on any atom is -0.494 e. The lowest BCUT2D eigenvalue weighted by Gasteiger charge is -2.12. The zero-order valence-corrected chi connectivity index (χ0v) is 11.5. The van der Waals surface area contributed by atoms with E-state index in [1.165, 1.54) is 5.56 Å². The average Bonchev–Trinajstić information content (AvgIpc) is 2.46. The van der Waals surface area contributed by atoms with Gasteiger partial charge in [-0.25, -0.2) is 0 Å². The third-order valence-corrected chi connectivity index (χ3v) is 3.06. The van der Waals surface area contributed by atoms with Gasteiger partial charge in [0.2, 0.25) is 0 Å². The normalized spacial score (nSPS) is 12.2. The van der Waals surface area contributed by atoms with Crippen LogP contribution in [0.1, 0.15) is 36.1 Å². The van der Waals surface area contributed by atoms with Crippen LogP contribution in [0.25, 0.3) is 0 Å². The molecular weight excluding hydrogens is 236 g/mol. The maximum Gasteiger partial charge on any atom is 0.119 e. The van der Waals surface area contributed by atoms with Crippen LogP contribution in [-0.4, -0.2) is 11.7 Å². The smallest absolute Gasteiger partial charge is 0.119 e. The minimum atomic E-state index is -0.583. The molecule has 2 rings (SSSR count). The van der Waals surface area contributed by atoms with E-state index >= 15 is 0 Å². The van der Waals surface area contributed by atoms with Gasteiger partial charge in [0.25, 0.3) is 0 Å². The summed E-state index contributed by atoms with van der Waals surface area (Å²) in [6.45, 7) is 4.84. The Morgan fingerprint density at radius 1 is 0.947 bits per heavy atom. The van der Waals surface area contributed by atoms with Crippen molar-refractivity contribution in [3.8, 4) is 5.75 Å². The molecule has 19 heavy (non-hydrogen) atoms. The van der Waals surface area contributed by atoms with Gasteiger partial charge in [0.1, 0.15) is 11.9 Å². The number of benzene rings is 2. The Kier molecular flexibility index (Phi) is 4.58. The van der Waals surface area contributed by atoms with Gasteiger partial charge in [-0.05, 0) is 36.6 Å². The summed E-state index contributed by atoms with van der Waals surface area (Å²) in [6.07, 6.45) is 0.411. The quantitative estimate of drug-likeness (QED) is 0.880. The molecule has 0 spiro atoms. The number of aliphatic hydroxyl groups is 1. The monoisotopic (exact) mass is 256 g/mol. The summed E-state index contributed by atoms with van der Waals surface area (Å²) in [5, 5.41) is 10.3. The zero-order chi connectivity index (χ0) is 13.7.